The van der Waals surface area contributed by atoms with Gasteiger partial charge in [-0.3, -0.25) is 9.67 Å². The smallest absolute Gasteiger partial charge is 0.292 e. The van der Waals surface area contributed by atoms with Crippen molar-refractivity contribution in [1.29, 1.82) is 0 Å². The zero-order valence-electron chi connectivity index (χ0n) is 19.2. The summed E-state index contributed by atoms with van der Waals surface area (Å²) in [5.41, 5.74) is 1.18. The molecule has 3 heterocycles. The van der Waals surface area contributed by atoms with Gasteiger partial charge in [0.15, 0.2) is 0 Å². The van der Waals surface area contributed by atoms with Crippen LogP contribution in [0.1, 0.15) is 30.9 Å². The van der Waals surface area contributed by atoms with Gasteiger partial charge in [0.1, 0.15) is 17.3 Å². The fraction of sp³-hybridized carbons (Fsp3) is 0.240. The summed E-state index contributed by atoms with van der Waals surface area (Å²) in [7, 11) is 3.20. The van der Waals surface area contributed by atoms with Crippen LogP contribution in [-0.2, 0) is 13.0 Å². The molecule has 1 aliphatic heterocycles. The van der Waals surface area contributed by atoms with E-state index in [1.165, 1.54) is 29.1 Å². The lowest BCUT2D eigenvalue weighted by molar-refractivity contribution is -0.631. The number of hydrogen-bond donors (Lipinski definition) is 0. The summed E-state index contributed by atoms with van der Waals surface area (Å²) in [6, 6.07) is 10.00. The molecule has 0 radical (unpaired) electrons. The average Bonchev–Trinajstić information content (AvgIpc) is 3.19. The van der Waals surface area contributed by atoms with Gasteiger partial charge < -0.3 is 0 Å². The third kappa shape index (κ3) is 3.69. The van der Waals surface area contributed by atoms with E-state index in [2.05, 4.69) is 20.2 Å². The largest absolute Gasteiger partial charge is 0.364 e. The number of aliphatic imine (C=N–C) groups is 2. The highest BCUT2D eigenvalue weighted by atomic mass is 19.3. The second-order valence-electron chi connectivity index (χ2n) is 8.28. The Morgan fingerprint density at radius 2 is 1.91 bits per heavy atom. The molecule has 0 unspecified atom stereocenters. The summed E-state index contributed by atoms with van der Waals surface area (Å²) in [6.45, 7) is 1.98. The van der Waals surface area contributed by atoms with Gasteiger partial charge in [-0.2, -0.15) is 13.9 Å². The van der Waals surface area contributed by atoms with E-state index < -0.39 is 29.0 Å². The molecule has 0 aliphatic carbocycles. The summed E-state index contributed by atoms with van der Waals surface area (Å²) in [5, 5.41) is 8.28. The van der Waals surface area contributed by atoms with Crippen molar-refractivity contribution in [3.8, 4) is 11.3 Å². The molecule has 0 saturated heterocycles. The maximum atomic E-state index is 15.4. The molecule has 0 amide bonds. The molecule has 0 atom stereocenters. The fourth-order valence-corrected chi connectivity index (χ4v) is 4.18. The first kappa shape index (κ1) is 22.8. The van der Waals surface area contributed by atoms with Crippen LogP contribution < -0.4 is 4.68 Å². The molecule has 4 aromatic rings. The normalized spacial score (nSPS) is 13.6. The third-order valence-electron chi connectivity index (χ3n) is 5.93. The van der Waals surface area contributed by atoms with Crippen molar-refractivity contribution >= 4 is 28.3 Å². The monoisotopic (exact) mass is 481 g/mol. The molecule has 6 nitrogen and oxygen atoms in total. The average molecular weight is 481 g/mol. The molecule has 10 heteroatoms. The molecule has 0 saturated carbocycles. The van der Waals surface area contributed by atoms with E-state index in [0.717, 1.165) is 17.2 Å². The highest BCUT2D eigenvalue weighted by Crippen LogP contribution is 2.37. The molecular formula is C25H21F4N6+. The van der Waals surface area contributed by atoms with E-state index in [-0.39, 0.29) is 22.4 Å². The minimum atomic E-state index is -3.75. The topological polar surface area (TPSA) is 59.3 Å². The number of rotatable bonds is 6. The van der Waals surface area contributed by atoms with Gasteiger partial charge in [0.2, 0.25) is 0 Å². The van der Waals surface area contributed by atoms with E-state index in [9.17, 15) is 8.78 Å². The number of aryl methyl sites for hydroxylation is 1. The Bertz CT molecular complexity index is 1540. The van der Waals surface area contributed by atoms with Gasteiger partial charge >= 0.3 is 11.8 Å². The van der Waals surface area contributed by atoms with Crippen LogP contribution in [-0.4, -0.2) is 33.5 Å². The summed E-state index contributed by atoms with van der Waals surface area (Å²) in [6.07, 6.45) is 2.80. The molecule has 0 bridgehead atoms. The maximum Gasteiger partial charge on any atom is 0.364 e. The van der Waals surface area contributed by atoms with Crippen LogP contribution >= 0.6 is 0 Å². The van der Waals surface area contributed by atoms with Crippen LogP contribution in [0.15, 0.2) is 58.6 Å². The molecule has 5 rings (SSSR count). The molecule has 0 fully saturated rings. The zero-order chi connectivity index (χ0) is 24.9. The lowest BCUT2D eigenvalue weighted by Gasteiger charge is -2.21. The summed E-state index contributed by atoms with van der Waals surface area (Å²) in [5.74, 6) is -5.81. The molecule has 2 aromatic heterocycles. The Kier molecular flexibility index (Phi) is 5.46. The highest BCUT2D eigenvalue weighted by molar-refractivity contribution is 6.01. The molecular weight excluding hydrogens is 460 g/mol. The van der Waals surface area contributed by atoms with Crippen LogP contribution in [0, 0.1) is 11.6 Å². The number of nitrogens with zero attached hydrogens (tertiary/aromatic N) is 6. The first-order valence-corrected chi connectivity index (χ1v) is 11.0. The van der Waals surface area contributed by atoms with E-state index >= 15 is 8.78 Å². The van der Waals surface area contributed by atoms with Gasteiger partial charge in [-0.05, 0) is 36.8 Å². The van der Waals surface area contributed by atoms with Crippen molar-refractivity contribution in [2.24, 2.45) is 17.0 Å². The van der Waals surface area contributed by atoms with Crippen molar-refractivity contribution in [3.05, 3.63) is 71.4 Å². The van der Waals surface area contributed by atoms with Crippen LogP contribution in [0.5, 0.6) is 0 Å². The highest BCUT2D eigenvalue weighted by Gasteiger charge is 2.52. The van der Waals surface area contributed by atoms with Crippen LogP contribution in [0.3, 0.4) is 0 Å². The van der Waals surface area contributed by atoms with Crippen molar-refractivity contribution in [3.63, 3.8) is 0 Å². The fourth-order valence-electron chi connectivity index (χ4n) is 4.18. The SMILES string of the molecule is CCCC(=NC)c1ccc(-c2ccc3[n+](n2)C(C(F)(F)c2ccc4nn(C)cc4c2F)=N3)cc1F. The number of halogens is 4. The minimum Gasteiger partial charge on any atom is -0.292 e. The summed E-state index contributed by atoms with van der Waals surface area (Å²) in [4.78, 5) is 8.03. The van der Waals surface area contributed by atoms with Crippen molar-refractivity contribution < 1.29 is 22.2 Å². The summed E-state index contributed by atoms with van der Waals surface area (Å²) < 4.78 is 62.9. The summed E-state index contributed by atoms with van der Waals surface area (Å²) >= 11 is 0. The van der Waals surface area contributed by atoms with Gasteiger partial charge in [-0.25, -0.2) is 8.78 Å². The number of hydrogen-bond acceptors (Lipinski definition) is 4. The van der Waals surface area contributed by atoms with Crippen LogP contribution in [0.4, 0.5) is 23.4 Å². The standard InChI is InChI=1S/C25H21F4N6/c1-4-5-20(30-2)15-7-6-14(12-18(15)26)19-10-11-22-31-24(35(22)33-19)25(28,29)17-8-9-21-16(23(17)27)13-34(3)32-21/h6-13H,4-5H2,1-3H3/q+1. The van der Waals surface area contributed by atoms with E-state index in [4.69, 9.17) is 0 Å². The zero-order valence-corrected chi connectivity index (χ0v) is 19.2. The van der Waals surface area contributed by atoms with Crippen molar-refractivity contribution in [2.45, 2.75) is 25.7 Å². The number of fused-ring (bicyclic) bond motifs is 2. The lowest BCUT2D eigenvalue weighted by atomic mass is 10.0. The second kappa shape index (κ2) is 8.37. The quantitative estimate of drug-likeness (QED) is 0.219. The first-order valence-electron chi connectivity index (χ1n) is 11.0. The predicted molar refractivity (Wildman–Crippen MR) is 124 cm³/mol. The molecule has 1 aliphatic rings. The van der Waals surface area contributed by atoms with Gasteiger partial charge in [0.25, 0.3) is 5.82 Å². The molecule has 0 spiro atoms. The molecule has 178 valence electrons. The van der Waals surface area contributed by atoms with Crippen molar-refractivity contribution in [1.82, 2.24) is 14.9 Å². The van der Waals surface area contributed by atoms with E-state index in [1.54, 1.807) is 32.3 Å². The Morgan fingerprint density at radius 3 is 2.63 bits per heavy atom. The van der Waals surface area contributed by atoms with Crippen LogP contribution in [0.2, 0.25) is 0 Å². The Hall–Kier alpha value is -3.95. The second-order valence-corrected chi connectivity index (χ2v) is 8.28. The van der Waals surface area contributed by atoms with Crippen molar-refractivity contribution in [2.75, 3.05) is 7.05 Å². The van der Waals surface area contributed by atoms with E-state index in [1.807, 2.05) is 6.92 Å². The predicted octanol–water partition coefficient (Wildman–Crippen LogP) is 5.10. The Morgan fingerprint density at radius 1 is 1.11 bits per heavy atom. The lowest BCUT2D eigenvalue weighted by Crippen LogP contribution is -2.60. The number of benzene rings is 2. The first-order chi connectivity index (χ1) is 16.7. The van der Waals surface area contributed by atoms with Gasteiger partial charge in [0, 0.05) is 43.2 Å². The Labute approximate surface area is 198 Å². The number of aromatic nitrogens is 4. The third-order valence-corrected chi connectivity index (χ3v) is 5.93. The molecule has 0 N–H and O–H groups in total. The maximum absolute atomic E-state index is 15.4. The van der Waals surface area contributed by atoms with Gasteiger partial charge in [-0.15, -0.1) is 5.10 Å². The van der Waals surface area contributed by atoms with Gasteiger partial charge in [-0.1, -0.05) is 29.1 Å². The number of alkyl halides is 2. The van der Waals surface area contributed by atoms with Gasteiger partial charge in [0.05, 0.1) is 16.5 Å². The minimum absolute atomic E-state index is 0.00911. The molecule has 2 aromatic carbocycles. The Balaban J connectivity index is 1.49. The molecule has 35 heavy (non-hydrogen) atoms. The van der Waals surface area contributed by atoms with E-state index in [0.29, 0.717) is 23.3 Å². The van der Waals surface area contributed by atoms with Crippen LogP contribution in [0.25, 0.3) is 22.2 Å².